The van der Waals surface area contributed by atoms with Crippen LogP contribution >= 0.6 is 0 Å². The summed E-state index contributed by atoms with van der Waals surface area (Å²) in [6, 6.07) is -1.13. The molecule has 0 aliphatic heterocycles. The van der Waals surface area contributed by atoms with Gasteiger partial charge in [0.25, 0.3) is 0 Å². The molecule has 2 atom stereocenters. The first-order valence-electron chi connectivity index (χ1n) is 4.98. The second-order valence-electron chi connectivity index (χ2n) is 3.73. The molecule has 1 rings (SSSR count). The van der Waals surface area contributed by atoms with Crippen LogP contribution in [0.25, 0.3) is 0 Å². The standard InChI is InChI=1S/C9H13F3N4O2/c1-16-4-5(2-15-16)7(13)8(18)14-3-6(17)9(10,11)12/h2,4,6-7,17H,3,13H2,1H3,(H,14,18). The van der Waals surface area contributed by atoms with E-state index in [1.807, 2.05) is 5.32 Å². The van der Waals surface area contributed by atoms with Crippen molar-refractivity contribution < 1.29 is 23.1 Å². The number of halogens is 3. The van der Waals surface area contributed by atoms with Gasteiger partial charge in [0, 0.05) is 18.8 Å². The number of aliphatic hydroxyl groups excluding tert-OH is 1. The molecular weight excluding hydrogens is 253 g/mol. The van der Waals surface area contributed by atoms with E-state index in [1.165, 1.54) is 17.1 Å². The zero-order chi connectivity index (χ0) is 13.9. The van der Waals surface area contributed by atoms with Gasteiger partial charge < -0.3 is 16.2 Å². The predicted octanol–water partition coefficient (Wildman–Crippen LogP) is -0.541. The Labute approximate surface area is 101 Å². The number of nitrogens with one attached hydrogen (secondary N) is 1. The number of alkyl halides is 3. The third kappa shape index (κ3) is 3.70. The van der Waals surface area contributed by atoms with Gasteiger partial charge in [0.15, 0.2) is 6.10 Å². The Morgan fingerprint density at radius 3 is 2.72 bits per heavy atom. The van der Waals surface area contributed by atoms with Gasteiger partial charge in [0.05, 0.1) is 12.7 Å². The average Bonchev–Trinajstić information content (AvgIpc) is 2.69. The summed E-state index contributed by atoms with van der Waals surface area (Å²) in [5.74, 6) is -0.814. The lowest BCUT2D eigenvalue weighted by atomic mass is 10.1. The molecule has 1 aromatic rings. The van der Waals surface area contributed by atoms with Crippen molar-refractivity contribution in [2.45, 2.75) is 18.3 Å². The van der Waals surface area contributed by atoms with Gasteiger partial charge in [-0.25, -0.2) is 0 Å². The van der Waals surface area contributed by atoms with E-state index < -0.39 is 30.8 Å². The fourth-order valence-corrected chi connectivity index (χ4v) is 1.18. The lowest BCUT2D eigenvalue weighted by Gasteiger charge is -2.16. The van der Waals surface area contributed by atoms with E-state index in [-0.39, 0.29) is 0 Å². The van der Waals surface area contributed by atoms with E-state index in [4.69, 9.17) is 10.8 Å². The van der Waals surface area contributed by atoms with Gasteiger partial charge >= 0.3 is 6.18 Å². The number of hydrogen-bond donors (Lipinski definition) is 3. The monoisotopic (exact) mass is 266 g/mol. The van der Waals surface area contributed by atoms with Crippen molar-refractivity contribution in [3.63, 3.8) is 0 Å². The summed E-state index contributed by atoms with van der Waals surface area (Å²) >= 11 is 0. The van der Waals surface area contributed by atoms with Crippen LogP contribution in [-0.4, -0.2) is 39.6 Å². The molecule has 1 heterocycles. The minimum atomic E-state index is -4.77. The van der Waals surface area contributed by atoms with Gasteiger partial charge in [-0.05, 0) is 0 Å². The summed E-state index contributed by atoms with van der Waals surface area (Å²) in [4.78, 5) is 11.4. The Morgan fingerprint density at radius 2 is 2.28 bits per heavy atom. The quantitative estimate of drug-likeness (QED) is 0.682. The minimum Gasteiger partial charge on any atom is -0.382 e. The number of carbonyl (C=O) groups excluding carboxylic acids is 1. The van der Waals surface area contributed by atoms with Crippen LogP contribution in [0.15, 0.2) is 12.4 Å². The smallest absolute Gasteiger partial charge is 0.382 e. The van der Waals surface area contributed by atoms with Crippen molar-refractivity contribution in [2.75, 3.05) is 6.54 Å². The topological polar surface area (TPSA) is 93.2 Å². The number of nitrogens with two attached hydrogens (primary N) is 1. The highest BCUT2D eigenvalue weighted by Gasteiger charge is 2.38. The van der Waals surface area contributed by atoms with Gasteiger partial charge in [-0.3, -0.25) is 9.48 Å². The molecule has 0 aliphatic rings. The molecule has 6 nitrogen and oxygen atoms in total. The van der Waals surface area contributed by atoms with Crippen molar-refractivity contribution in [2.24, 2.45) is 12.8 Å². The summed E-state index contributed by atoms with van der Waals surface area (Å²) in [6.45, 7) is -0.934. The summed E-state index contributed by atoms with van der Waals surface area (Å²) in [7, 11) is 1.61. The molecule has 0 saturated heterocycles. The second-order valence-corrected chi connectivity index (χ2v) is 3.73. The van der Waals surface area contributed by atoms with Crippen LogP contribution in [-0.2, 0) is 11.8 Å². The summed E-state index contributed by atoms with van der Waals surface area (Å²) in [6.07, 6.45) is -4.57. The first-order chi connectivity index (χ1) is 8.21. The molecule has 0 spiro atoms. The highest BCUT2D eigenvalue weighted by molar-refractivity contribution is 5.82. The maximum absolute atomic E-state index is 12.0. The molecule has 0 aliphatic carbocycles. The molecule has 0 saturated carbocycles. The zero-order valence-corrected chi connectivity index (χ0v) is 9.48. The fraction of sp³-hybridized carbons (Fsp3) is 0.556. The van der Waals surface area contributed by atoms with Crippen LogP contribution in [0.5, 0.6) is 0 Å². The number of aryl methyl sites for hydroxylation is 1. The van der Waals surface area contributed by atoms with Crippen molar-refractivity contribution in [1.82, 2.24) is 15.1 Å². The van der Waals surface area contributed by atoms with Crippen molar-refractivity contribution in [3.05, 3.63) is 18.0 Å². The van der Waals surface area contributed by atoms with Crippen LogP contribution in [0.1, 0.15) is 11.6 Å². The fourth-order valence-electron chi connectivity index (χ4n) is 1.18. The SMILES string of the molecule is Cn1cc(C(N)C(=O)NCC(O)C(F)(F)F)cn1. The van der Waals surface area contributed by atoms with E-state index in [2.05, 4.69) is 5.10 Å². The van der Waals surface area contributed by atoms with Crippen molar-refractivity contribution >= 4 is 5.91 Å². The lowest BCUT2D eigenvalue weighted by molar-refractivity contribution is -0.201. The molecular formula is C9H13F3N4O2. The molecule has 0 aromatic carbocycles. The lowest BCUT2D eigenvalue weighted by Crippen LogP contribution is -2.43. The molecule has 18 heavy (non-hydrogen) atoms. The first-order valence-corrected chi connectivity index (χ1v) is 4.98. The van der Waals surface area contributed by atoms with E-state index in [0.717, 1.165) is 0 Å². The number of amides is 1. The Balaban J connectivity index is 2.51. The number of aromatic nitrogens is 2. The normalized spacial score (nSPS) is 15.2. The molecule has 0 radical (unpaired) electrons. The largest absolute Gasteiger partial charge is 0.416 e. The highest BCUT2D eigenvalue weighted by Crippen LogP contribution is 2.19. The van der Waals surface area contributed by atoms with E-state index >= 15 is 0 Å². The number of carbonyl (C=O) groups is 1. The molecule has 0 bridgehead atoms. The number of rotatable bonds is 4. The summed E-state index contributed by atoms with van der Waals surface area (Å²) in [5, 5.41) is 14.4. The molecule has 0 fully saturated rings. The Kier molecular flexibility index (Phi) is 4.30. The summed E-state index contributed by atoms with van der Waals surface area (Å²) in [5.41, 5.74) is 5.89. The molecule has 9 heteroatoms. The van der Waals surface area contributed by atoms with Gasteiger partial charge in [-0.15, -0.1) is 0 Å². The molecule has 2 unspecified atom stereocenters. The highest BCUT2D eigenvalue weighted by atomic mass is 19.4. The van der Waals surface area contributed by atoms with Gasteiger partial charge in [0.1, 0.15) is 6.04 Å². The maximum atomic E-state index is 12.0. The van der Waals surface area contributed by atoms with E-state index in [0.29, 0.717) is 5.56 Å². The van der Waals surface area contributed by atoms with E-state index in [9.17, 15) is 18.0 Å². The van der Waals surface area contributed by atoms with Crippen molar-refractivity contribution in [1.29, 1.82) is 0 Å². The van der Waals surface area contributed by atoms with Crippen LogP contribution in [0.2, 0.25) is 0 Å². The Hall–Kier alpha value is -1.61. The predicted molar refractivity (Wildman–Crippen MR) is 55.2 cm³/mol. The molecule has 1 aromatic heterocycles. The van der Waals surface area contributed by atoms with E-state index in [1.54, 1.807) is 7.05 Å². The van der Waals surface area contributed by atoms with Crippen LogP contribution < -0.4 is 11.1 Å². The van der Waals surface area contributed by atoms with Crippen LogP contribution in [0.3, 0.4) is 0 Å². The first kappa shape index (κ1) is 14.5. The third-order valence-corrected chi connectivity index (χ3v) is 2.21. The number of hydrogen-bond acceptors (Lipinski definition) is 4. The Morgan fingerprint density at radius 1 is 1.67 bits per heavy atom. The van der Waals surface area contributed by atoms with Crippen LogP contribution in [0.4, 0.5) is 13.2 Å². The number of nitrogens with zero attached hydrogens (tertiary/aromatic N) is 2. The van der Waals surface area contributed by atoms with Gasteiger partial charge in [-0.1, -0.05) is 0 Å². The molecule has 102 valence electrons. The Bertz CT molecular complexity index is 418. The minimum absolute atomic E-state index is 0.372. The second kappa shape index (κ2) is 5.36. The molecule has 4 N–H and O–H groups in total. The van der Waals surface area contributed by atoms with Crippen molar-refractivity contribution in [3.8, 4) is 0 Å². The van der Waals surface area contributed by atoms with Gasteiger partial charge in [-0.2, -0.15) is 18.3 Å². The zero-order valence-electron chi connectivity index (χ0n) is 9.48. The average molecular weight is 266 g/mol. The molecule has 1 amide bonds. The third-order valence-electron chi connectivity index (χ3n) is 2.21. The van der Waals surface area contributed by atoms with Crippen LogP contribution in [0, 0.1) is 0 Å². The summed E-state index contributed by atoms with van der Waals surface area (Å²) < 4.78 is 37.4. The van der Waals surface area contributed by atoms with Gasteiger partial charge in [0.2, 0.25) is 5.91 Å². The maximum Gasteiger partial charge on any atom is 0.416 e. The number of aliphatic hydroxyl groups is 1.